The van der Waals surface area contributed by atoms with Crippen molar-refractivity contribution in [2.24, 2.45) is 0 Å². The second-order valence-electron chi connectivity index (χ2n) is 4.84. The second kappa shape index (κ2) is 7.24. The number of carbonyl (C=O) groups excluding carboxylic acids is 1. The molecule has 1 aromatic carbocycles. The van der Waals surface area contributed by atoms with Gasteiger partial charge in [-0.15, -0.1) is 0 Å². The van der Waals surface area contributed by atoms with Crippen LogP contribution in [-0.2, 0) is 14.8 Å². The highest BCUT2D eigenvalue weighted by atomic mass is 79.9. The van der Waals surface area contributed by atoms with Crippen LogP contribution >= 0.6 is 15.9 Å². The fourth-order valence-corrected chi connectivity index (χ4v) is 3.41. The highest BCUT2D eigenvalue weighted by molar-refractivity contribution is 9.10. The zero-order chi connectivity index (χ0) is 16.2. The van der Waals surface area contributed by atoms with Crippen LogP contribution in [0.25, 0.3) is 0 Å². The van der Waals surface area contributed by atoms with E-state index < -0.39 is 10.0 Å². The van der Waals surface area contributed by atoms with E-state index >= 15 is 0 Å². The number of hydrogen-bond acceptors (Lipinski definition) is 4. The van der Waals surface area contributed by atoms with Crippen LogP contribution in [0.5, 0.6) is 0 Å². The minimum atomic E-state index is -3.75. The Labute approximate surface area is 133 Å². The van der Waals surface area contributed by atoms with Gasteiger partial charge in [0.1, 0.15) is 0 Å². The lowest BCUT2D eigenvalue weighted by Crippen LogP contribution is -2.42. The SMILES string of the molecule is CCN(CC(=O)NC(C)C)S(=O)(=O)c1ccc(Br)c(N)c1. The molecule has 1 rings (SSSR count). The van der Waals surface area contributed by atoms with Crippen molar-refractivity contribution in [2.45, 2.75) is 31.7 Å². The molecule has 1 amide bonds. The summed E-state index contributed by atoms with van der Waals surface area (Å²) in [7, 11) is -3.75. The van der Waals surface area contributed by atoms with Crippen LogP contribution in [0.2, 0.25) is 0 Å². The molecule has 0 spiro atoms. The van der Waals surface area contributed by atoms with Gasteiger partial charge in [-0.1, -0.05) is 6.92 Å². The summed E-state index contributed by atoms with van der Waals surface area (Å²) in [6.07, 6.45) is 0. The van der Waals surface area contributed by atoms with E-state index in [4.69, 9.17) is 5.73 Å². The van der Waals surface area contributed by atoms with E-state index in [9.17, 15) is 13.2 Å². The van der Waals surface area contributed by atoms with E-state index in [0.29, 0.717) is 10.2 Å². The minimum Gasteiger partial charge on any atom is -0.398 e. The van der Waals surface area contributed by atoms with Gasteiger partial charge in [0.2, 0.25) is 15.9 Å². The van der Waals surface area contributed by atoms with Crippen LogP contribution in [-0.4, -0.2) is 37.8 Å². The van der Waals surface area contributed by atoms with Crippen molar-refractivity contribution < 1.29 is 13.2 Å². The predicted octanol–water partition coefficient (Wildman–Crippen LogP) is 1.57. The third kappa shape index (κ3) is 4.69. The number of anilines is 1. The largest absolute Gasteiger partial charge is 0.398 e. The van der Waals surface area contributed by atoms with Crippen molar-refractivity contribution in [1.29, 1.82) is 0 Å². The standard InChI is InChI=1S/C13H20BrN3O3S/c1-4-17(8-13(18)16-9(2)3)21(19,20)10-5-6-11(14)12(15)7-10/h5-7,9H,4,8,15H2,1-3H3,(H,16,18). The van der Waals surface area contributed by atoms with Crippen molar-refractivity contribution >= 4 is 37.5 Å². The monoisotopic (exact) mass is 377 g/mol. The first-order valence-corrected chi connectivity index (χ1v) is 8.76. The molecule has 0 aromatic heterocycles. The van der Waals surface area contributed by atoms with Crippen LogP contribution < -0.4 is 11.1 Å². The van der Waals surface area contributed by atoms with Gasteiger partial charge >= 0.3 is 0 Å². The Hall–Kier alpha value is -1.12. The zero-order valence-corrected chi connectivity index (χ0v) is 14.7. The van der Waals surface area contributed by atoms with E-state index in [-0.39, 0.29) is 29.9 Å². The summed E-state index contributed by atoms with van der Waals surface area (Å²) in [5.74, 6) is -0.333. The molecule has 0 unspecified atom stereocenters. The number of likely N-dealkylation sites (N-methyl/N-ethyl adjacent to an activating group) is 1. The summed E-state index contributed by atoms with van der Waals surface area (Å²) in [5.41, 5.74) is 6.05. The first kappa shape index (κ1) is 17.9. The molecule has 0 aliphatic rings. The normalized spacial score (nSPS) is 11.9. The average Bonchev–Trinajstić information content (AvgIpc) is 2.37. The Bertz CT molecular complexity index is 617. The number of rotatable bonds is 6. The van der Waals surface area contributed by atoms with Gasteiger partial charge < -0.3 is 11.1 Å². The molecular weight excluding hydrogens is 358 g/mol. The van der Waals surface area contributed by atoms with Crippen LogP contribution in [0.3, 0.4) is 0 Å². The fraction of sp³-hybridized carbons (Fsp3) is 0.462. The molecule has 6 nitrogen and oxygen atoms in total. The summed E-state index contributed by atoms with van der Waals surface area (Å²) in [4.78, 5) is 11.8. The number of carbonyl (C=O) groups is 1. The lowest BCUT2D eigenvalue weighted by atomic mass is 10.3. The summed E-state index contributed by atoms with van der Waals surface area (Å²) >= 11 is 3.22. The van der Waals surface area contributed by atoms with Gasteiger partial charge in [0.05, 0.1) is 11.4 Å². The highest BCUT2D eigenvalue weighted by Crippen LogP contribution is 2.24. The van der Waals surface area contributed by atoms with Crippen molar-refractivity contribution in [3.8, 4) is 0 Å². The van der Waals surface area contributed by atoms with Crippen LogP contribution in [0.4, 0.5) is 5.69 Å². The van der Waals surface area contributed by atoms with Gasteiger partial charge in [-0.25, -0.2) is 8.42 Å². The summed E-state index contributed by atoms with van der Waals surface area (Å²) in [5, 5.41) is 2.67. The quantitative estimate of drug-likeness (QED) is 0.735. The molecule has 3 N–H and O–H groups in total. The number of halogens is 1. The molecule has 0 saturated carbocycles. The van der Waals surface area contributed by atoms with E-state index in [1.165, 1.54) is 12.1 Å². The van der Waals surface area contributed by atoms with Crippen LogP contribution in [0.1, 0.15) is 20.8 Å². The molecule has 1 aromatic rings. The molecule has 0 aliphatic carbocycles. The third-order valence-electron chi connectivity index (χ3n) is 2.73. The Morgan fingerprint density at radius 1 is 1.43 bits per heavy atom. The number of hydrogen-bond donors (Lipinski definition) is 2. The number of sulfonamides is 1. The van der Waals surface area contributed by atoms with Gasteiger partial charge in [-0.2, -0.15) is 4.31 Å². The predicted molar refractivity (Wildman–Crippen MR) is 86.3 cm³/mol. The van der Waals surface area contributed by atoms with Crippen molar-refractivity contribution in [3.63, 3.8) is 0 Å². The topological polar surface area (TPSA) is 92.5 Å². The number of benzene rings is 1. The van der Waals surface area contributed by atoms with Crippen LogP contribution in [0, 0.1) is 0 Å². The summed E-state index contributed by atoms with van der Waals surface area (Å²) in [6.45, 7) is 5.30. The Morgan fingerprint density at radius 3 is 2.52 bits per heavy atom. The fourth-order valence-electron chi connectivity index (χ4n) is 1.73. The number of nitrogens with zero attached hydrogens (tertiary/aromatic N) is 1. The highest BCUT2D eigenvalue weighted by Gasteiger charge is 2.25. The first-order valence-electron chi connectivity index (χ1n) is 6.53. The molecule has 8 heteroatoms. The van der Waals surface area contributed by atoms with Crippen molar-refractivity contribution in [1.82, 2.24) is 9.62 Å². The number of amides is 1. The van der Waals surface area contributed by atoms with Gasteiger partial charge in [-0.3, -0.25) is 4.79 Å². The summed E-state index contributed by atoms with van der Waals surface area (Å²) in [6, 6.07) is 4.37. The number of nitrogens with one attached hydrogen (secondary N) is 1. The first-order chi connectivity index (χ1) is 9.68. The van der Waals surface area contributed by atoms with Gasteiger partial charge in [-0.05, 0) is 48.0 Å². The number of nitrogen functional groups attached to an aromatic ring is 1. The smallest absolute Gasteiger partial charge is 0.243 e. The van der Waals surface area contributed by atoms with Crippen LogP contribution in [0.15, 0.2) is 27.6 Å². The molecule has 21 heavy (non-hydrogen) atoms. The lowest BCUT2D eigenvalue weighted by molar-refractivity contribution is -0.121. The molecule has 0 bridgehead atoms. The Balaban J connectivity index is 3.02. The molecule has 0 fully saturated rings. The maximum absolute atomic E-state index is 12.5. The molecule has 0 heterocycles. The Morgan fingerprint density at radius 2 is 2.05 bits per heavy atom. The maximum atomic E-state index is 12.5. The third-order valence-corrected chi connectivity index (χ3v) is 5.37. The molecule has 0 atom stereocenters. The van der Waals surface area contributed by atoms with Gasteiger partial charge in [0, 0.05) is 22.7 Å². The van der Waals surface area contributed by atoms with E-state index in [1.54, 1.807) is 13.0 Å². The molecule has 0 aliphatic heterocycles. The molecular formula is C13H20BrN3O3S. The van der Waals surface area contributed by atoms with Crippen molar-refractivity contribution in [2.75, 3.05) is 18.8 Å². The van der Waals surface area contributed by atoms with E-state index in [1.807, 2.05) is 13.8 Å². The lowest BCUT2D eigenvalue weighted by Gasteiger charge is -2.21. The van der Waals surface area contributed by atoms with Crippen molar-refractivity contribution in [3.05, 3.63) is 22.7 Å². The van der Waals surface area contributed by atoms with E-state index in [2.05, 4.69) is 21.2 Å². The second-order valence-corrected chi connectivity index (χ2v) is 7.63. The van der Waals surface area contributed by atoms with Gasteiger partial charge in [0.15, 0.2) is 0 Å². The minimum absolute atomic E-state index is 0.0396. The molecule has 0 radical (unpaired) electrons. The van der Waals surface area contributed by atoms with E-state index in [0.717, 1.165) is 4.31 Å². The average molecular weight is 378 g/mol. The molecule has 0 saturated heterocycles. The van der Waals surface area contributed by atoms with Gasteiger partial charge in [0.25, 0.3) is 0 Å². The summed E-state index contributed by atoms with van der Waals surface area (Å²) < 4.78 is 26.8. The number of nitrogens with two attached hydrogens (primary N) is 1. The Kier molecular flexibility index (Phi) is 6.18. The maximum Gasteiger partial charge on any atom is 0.243 e. The molecule has 118 valence electrons. The zero-order valence-electron chi connectivity index (χ0n) is 12.3.